The Balaban J connectivity index is 1.30. The molecule has 7 nitrogen and oxygen atoms in total. The maximum Gasteiger partial charge on any atom is 0.321 e. The van der Waals surface area contributed by atoms with Crippen LogP contribution in [0.2, 0.25) is 0 Å². The highest BCUT2D eigenvalue weighted by Crippen LogP contribution is 2.22. The lowest BCUT2D eigenvalue weighted by molar-refractivity contribution is 0.208. The molecule has 33 heavy (non-hydrogen) atoms. The Hall–Kier alpha value is -3.61. The van der Waals surface area contributed by atoms with E-state index in [2.05, 4.69) is 46.4 Å². The molecule has 2 aromatic carbocycles. The lowest BCUT2D eigenvalue weighted by atomic mass is 10.0. The summed E-state index contributed by atoms with van der Waals surface area (Å²) in [4.78, 5) is 16.7. The fraction of sp³-hybridized carbons (Fsp3) is 0.346. The molecule has 1 N–H and O–H groups in total. The third-order valence-corrected chi connectivity index (χ3v) is 5.83. The fourth-order valence-corrected chi connectivity index (χ4v) is 3.83. The van der Waals surface area contributed by atoms with E-state index in [1.165, 1.54) is 5.56 Å². The van der Waals surface area contributed by atoms with Crippen LogP contribution in [0.25, 0.3) is 11.3 Å². The van der Waals surface area contributed by atoms with Crippen molar-refractivity contribution < 1.29 is 9.53 Å². The second-order valence-corrected chi connectivity index (χ2v) is 8.42. The van der Waals surface area contributed by atoms with E-state index in [0.29, 0.717) is 25.6 Å². The van der Waals surface area contributed by atoms with Gasteiger partial charge in [-0.3, -0.25) is 0 Å². The summed E-state index contributed by atoms with van der Waals surface area (Å²) in [5, 5.41) is 11.8. The van der Waals surface area contributed by atoms with Crippen molar-refractivity contribution in [1.29, 1.82) is 0 Å². The van der Waals surface area contributed by atoms with Gasteiger partial charge in [0.1, 0.15) is 5.75 Å². The monoisotopic (exact) mass is 445 g/mol. The Morgan fingerprint density at radius 1 is 0.939 bits per heavy atom. The lowest BCUT2D eigenvalue weighted by Gasteiger charge is -2.35. The van der Waals surface area contributed by atoms with Gasteiger partial charge in [0.15, 0.2) is 5.82 Å². The Bertz CT molecular complexity index is 1040. The number of benzene rings is 2. The van der Waals surface area contributed by atoms with Crippen LogP contribution in [0, 0.1) is 0 Å². The van der Waals surface area contributed by atoms with Crippen LogP contribution in [0.5, 0.6) is 5.75 Å². The van der Waals surface area contributed by atoms with Crippen molar-refractivity contribution in [2.45, 2.75) is 26.7 Å². The van der Waals surface area contributed by atoms with Crippen LogP contribution >= 0.6 is 0 Å². The molecule has 0 spiro atoms. The topological polar surface area (TPSA) is 70.6 Å². The Morgan fingerprint density at radius 3 is 2.21 bits per heavy atom. The number of carbonyl (C=O) groups excluding carboxylic acids is 1. The summed E-state index contributed by atoms with van der Waals surface area (Å²) in [5.41, 5.74) is 3.91. The van der Waals surface area contributed by atoms with E-state index in [-0.39, 0.29) is 6.03 Å². The summed E-state index contributed by atoms with van der Waals surface area (Å²) in [5.74, 6) is 2.15. The summed E-state index contributed by atoms with van der Waals surface area (Å²) in [6.07, 6.45) is 0. The van der Waals surface area contributed by atoms with Gasteiger partial charge in [-0.1, -0.05) is 26.0 Å². The molecular weight excluding hydrogens is 414 g/mol. The molecule has 0 unspecified atom stereocenters. The molecule has 7 heteroatoms. The number of piperazine rings is 1. The van der Waals surface area contributed by atoms with Crippen molar-refractivity contribution in [3.05, 3.63) is 66.2 Å². The first-order valence-electron chi connectivity index (χ1n) is 11.5. The maximum absolute atomic E-state index is 12.7. The minimum Gasteiger partial charge on any atom is -0.494 e. The van der Waals surface area contributed by atoms with Crippen molar-refractivity contribution in [3.8, 4) is 17.0 Å². The van der Waals surface area contributed by atoms with E-state index in [1.54, 1.807) is 0 Å². The highest BCUT2D eigenvalue weighted by atomic mass is 16.5. The van der Waals surface area contributed by atoms with Gasteiger partial charge in [-0.05, 0) is 66.9 Å². The zero-order chi connectivity index (χ0) is 23.2. The van der Waals surface area contributed by atoms with Crippen LogP contribution in [0.4, 0.5) is 16.3 Å². The summed E-state index contributed by atoms with van der Waals surface area (Å²) in [6.45, 7) is 9.64. The molecule has 0 radical (unpaired) electrons. The van der Waals surface area contributed by atoms with Crippen LogP contribution in [0.3, 0.4) is 0 Å². The normalized spacial score (nSPS) is 13.8. The second kappa shape index (κ2) is 10.3. The minimum absolute atomic E-state index is 0.0659. The average Bonchev–Trinajstić information content (AvgIpc) is 2.85. The summed E-state index contributed by atoms with van der Waals surface area (Å²) >= 11 is 0. The predicted octanol–water partition coefficient (Wildman–Crippen LogP) is 5.02. The molecule has 1 aliphatic rings. The fourth-order valence-electron chi connectivity index (χ4n) is 3.83. The molecule has 1 aromatic heterocycles. The molecule has 0 atom stereocenters. The van der Waals surface area contributed by atoms with Crippen molar-refractivity contribution in [1.82, 2.24) is 15.1 Å². The standard InChI is InChI=1S/C26H31N5O2/c1-4-33-23-11-7-21(8-12-23)24-13-14-25(29-28-24)30-15-17-31(18-16-30)26(32)27-22-9-5-20(6-10-22)19(2)3/h5-14,19H,4,15-18H2,1-3H3,(H,27,32). The molecule has 172 valence electrons. The highest BCUT2D eigenvalue weighted by molar-refractivity contribution is 5.89. The van der Waals surface area contributed by atoms with Gasteiger partial charge in [0.25, 0.3) is 0 Å². The van der Waals surface area contributed by atoms with Crippen molar-refractivity contribution in [2.75, 3.05) is 43.0 Å². The first kappa shape index (κ1) is 22.6. The van der Waals surface area contributed by atoms with Crippen LogP contribution < -0.4 is 15.0 Å². The van der Waals surface area contributed by atoms with Crippen LogP contribution in [-0.2, 0) is 0 Å². The van der Waals surface area contributed by atoms with Gasteiger partial charge in [-0.15, -0.1) is 10.2 Å². The zero-order valence-electron chi connectivity index (χ0n) is 19.5. The van der Waals surface area contributed by atoms with Crippen LogP contribution in [0.1, 0.15) is 32.3 Å². The number of rotatable bonds is 6. The Kier molecular flexibility index (Phi) is 7.07. The number of urea groups is 1. The van der Waals surface area contributed by atoms with E-state index in [4.69, 9.17) is 4.74 Å². The first-order chi connectivity index (χ1) is 16.0. The van der Waals surface area contributed by atoms with Crippen LogP contribution in [-0.4, -0.2) is 53.9 Å². The predicted molar refractivity (Wildman–Crippen MR) is 132 cm³/mol. The number of anilines is 2. The van der Waals surface area contributed by atoms with Gasteiger partial charge in [-0.25, -0.2) is 4.79 Å². The number of aromatic nitrogens is 2. The number of amides is 2. The highest BCUT2D eigenvalue weighted by Gasteiger charge is 2.22. The third kappa shape index (κ3) is 5.61. The number of carbonyl (C=O) groups is 1. The minimum atomic E-state index is -0.0659. The average molecular weight is 446 g/mol. The molecule has 0 saturated carbocycles. The van der Waals surface area contributed by atoms with Crippen LogP contribution in [0.15, 0.2) is 60.7 Å². The number of hydrogen-bond donors (Lipinski definition) is 1. The number of nitrogens with zero attached hydrogens (tertiary/aromatic N) is 4. The van der Waals surface area contributed by atoms with Gasteiger partial charge >= 0.3 is 6.03 Å². The van der Waals surface area contributed by atoms with E-state index in [1.807, 2.05) is 60.4 Å². The van der Waals surface area contributed by atoms with E-state index < -0.39 is 0 Å². The molecule has 4 rings (SSSR count). The number of ether oxygens (including phenoxy) is 1. The summed E-state index contributed by atoms with van der Waals surface area (Å²) in [7, 11) is 0. The quantitative estimate of drug-likeness (QED) is 0.577. The van der Waals surface area contributed by atoms with Crippen molar-refractivity contribution in [3.63, 3.8) is 0 Å². The van der Waals surface area contributed by atoms with E-state index in [9.17, 15) is 4.79 Å². The Morgan fingerprint density at radius 2 is 1.64 bits per heavy atom. The largest absolute Gasteiger partial charge is 0.494 e. The van der Waals surface area contributed by atoms with Gasteiger partial charge in [0, 0.05) is 37.4 Å². The molecule has 1 aliphatic heterocycles. The van der Waals surface area contributed by atoms with Gasteiger partial charge in [0.2, 0.25) is 0 Å². The molecule has 0 bridgehead atoms. The third-order valence-electron chi connectivity index (χ3n) is 5.83. The van der Waals surface area contributed by atoms with E-state index in [0.717, 1.165) is 41.6 Å². The Labute approximate surface area is 195 Å². The zero-order valence-corrected chi connectivity index (χ0v) is 19.5. The molecule has 2 amide bonds. The molecule has 1 saturated heterocycles. The molecule has 3 aromatic rings. The van der Waals surface area contributed by atoms with Gasteiger partial charge < -0.3 is 19.9 Å². The summed E-state index contributed by atoms with van der Waals surface area (Å²) in [6, 6.07) is 19.8. The molecular formula is C26H31N5O2. The van der Waals surface area contributed by atoms with Crippen molar-refractivity contribution in [2.24, 2.45) is 0 Å². The van der Waals surface area contributed by atoms with E-state index >= 15 is 0 Å². The second-order valence-electron chi connectivity index (χ2n) is 8.42. The van der Waals surface area contributed by atoms with Crippen molar-refractivity contribution >= 4 is 17.5 Å². The molecule has 0 aliphatic carbocycles. The smallest absolute Gasteiger partial charge is 0.321 e. The molecule has 2 heterocycles. The molecule has 1 fully saturated rings. The van der Waals surface area contributed by atoms with Gasteiger partial charge in [-0.2, -0.15) is 0 Å². The first-order valence-corrected chi connectivity index (χ1v) is 11.5. The maximum atomic E-state index is 12.7. The lowest BCUT2D eigenvalue weighted by Crippen LogP contribution is -2.50. The number of nitrogens with one attached hydrogen (secondary N) is 1. The van der Waals surface area contributed by atoms with Gasteiger partial charge in [0.05, 0.1) is 12.3 Å². The number of hydrogen-bond acceptors (Lipinski definition) is 5. The summed E-state index contributed by atoms with van der Waals surface area (Å²) < 4.78 is 5.49. The SMILES string of the molecule is CCOc1ccc(-c2ccc(N3CCN(C(=O)Nc4ccc(C(C)C)cc4)CC3)nn2)cc1.